The Hall–Kier alpha value is -1.33. The van der Waals surface area contributed by atoms with Crippen molar-refractivity contribution < 1.29 is 19.3 Å². The number of aromatic nitrogens is 1. The van der Waals surface area contributed by atoms with Crippen molar-refractivity contribution in [1.29, 1.82) is 0 Å². The van der Waals surface area contributed by atoms with Crippen LogP contribution in [0.4, 0.5) is 5.69 Å². The van der Waals surface area contributed by atoms with E-state index in [0.717, 1.165) is 0 Å². The Morgan fingerprint density at radius 1 is 1.55 bits per heavy atom. The summed E-state index contributed by atoms with van der Waals surface area (Å²) in [4.78, 5) is 24.4. The molecule has 22 heavy (non-hydrogen) atoms. The zero-order chi connectivity index (χ0) is 15.1. The number of hydrogen-bond acceptors (Lipinski definition) is 6. The first-order chi connectivity index (χ1) is 9.99. The Bertz CT molecular complexity index is 666. The minimum Gasteiger partial charge on any atom is -0.543 e. The van der Waals surface area contributed by atoms with Crippen LogP contribution in [-0.4, -0.2) is 33.9 Å². The van der Waals surface area contributed by atoms with E-state index < -0.39 is 12.0 Å². The van der Waals surface area contributed by atoms with E-state index in [1.54, 1.807) is 29.1 Å². The van der Waals surface area contributed by atoms with Crippen molar-refractivity contribution in [3.8, 4) is 0 Å². The summed E-state index contributed by atoms with van der Waals surface area (Å²) in [5.41, 5.74) is 12.5. The third-order valence-corrected chi connectivity index (χ3v) is 4.90. The Labute approximate surface area is 148 Å². The van der Waals surface area contributed by atoms with Gasteiger partial charge in [-0.25, -0.2) is 0 Å². The van der Waals surface area contributed by atoms with Crippen molar-refractivity contribution in [3.05, 3.63) is 35.8 Å². The molecule has 2 aliphatic rings. The van der Waals surface area contributed by atoms with Crippen LogP contribution in [0.25, 0.3) is 0 Å². The van der Waals surface area contributed by atoms with Crippen molar-refractivity contribution in [2.45, 2.75) is 18.0 Å². The second-order valence-electron chi connectivity index (χ2n) is 4.98. The maximum atomic E-state index is 11.8. The zero-order valence-corrected chi connectivity index (χ0v) is 14.6. The number of thioether (sulfide) groups is 1. The molecular formula is C13H15IN4O3S. The summed E-state index contributed by atoms with van der Waals surface area (Å²) < 4.78 is 1.78. The third kappa shape index (κ3) is 2.79. The van der Waals surface area contributed by atoms with Crippen LogP contribution in [-0.2, 0) is 16.1 Å². The van der Waals surface area contributed by atoms with Crippen LogP contribution in [0.2, 0.25) is 0 Å². The summed E-state index contributed by atoms with van der Waals surface area (Å²) in [6, 6.07) is 2.89. The SMILES string of the molecule is I.Nc1ccc[n+](CC2=C(C(=O)[O-])N3C(=O)[C@@H](N)[C@@H]3SC2)c1. The van der Waals surface area contributed by atoms with Crippen molar-refractivity contribution in [2.24, 2.45) is 5.73 Å². The molecule has 0 aromatic carbocycles. The molecule has 1 amide bonds. The normalized spacial score (nSPS) is 23.5. The number of nitrogens with zero attached hydrogens (tertiary/aromatic N) is 2. The molecule has 0 radical (unpaired) electrons. The van der Waals surface area contributed by atoms with Crippen LogP contribution in [0.5, 0.6) is 0 Å². The minimum absolute atomic E-state index is 0. The van der Waals surface area contributed by atoms with Crippen LogP contribution < -0.4 is 21.1 Å². The number of aliphatic carboxylic acids is 1. The lowest BCUT2D eigenvalue weighted by Gasteiger charge is -2.49. The van der Waals surface area contributed by atoms with Gasteiger partial charge in [0.15, 0.2) is 18.9 Å². The Balaban J connectivity index is 0.00000176. The molecule has 1 aromatic rings. The predicted molar refractivity (Wildman–Crippen MR) is 89.6 cm³/mol. The van der Waals surface area contributed by atoms with Gasteiger partial charge < -0.3 is 21.4 Å². The number of halogens is 1. The van der Waals surface area contributed by atoms with Gasteiger partial charge in [-0.1, -0.05) is 0 Å². The predicted octanol–water partition coefficient (Wildman–Crippen LogP) is -1.58. The summed E-state index contributed by atoms with van der Waals surface area (Å²) in [6.07, 6.45) is 3.50. The van der Waals surface area contributed by atoms with Gasteiger partial charge >= 0.3 is 0 Å². The zero-order valence-electron chi connectivity index (χ0n) is 11.5. The van der Waals surface area contributed by atoms with Gasteiger partial charge in [-0.3, -0.25) is 9.69 Å². The van der Waals surface area contributed by atoms with Crippen LogP contribution in [0.3, 0.4) is 0 Å². The number of nitrogen functional groups attached to an aromatic ring is 1. The van der Waals surface area contributed by atoms with Gasteiger partial charge in [0, 0.05) is 17.4 Å². The number of fused-ring (bicyclic) bond motifs is 1. The first-order valence-corrected chi connectivity index (χ1v) is 7.42. The first kappa shape index (κ1) is 17.0. The maximum absolute atomic E-state index is 11.8. The molecule has 3 rings (SSSR count). The van der Waals surface area contributed by atoms with Gasteiger partial charge in [0.25, 0.3) is 0 Å². The van der Waals surface area contributed by atoms with Gasteiger partial charge in [-0.2, -0.15) is 4.57 Å². The monoisotopic (exact) mass is 434 g/mol. The molecule has 2 aliphatic heterocycles. The van der Waals surface area contributed by atoms with Crippen LogP contribution in [0, 0.1) is 0 Å². The average molecular weight is 434 g/mol. The van der Waals surface area contributed by atoms with E-state index in [-0.39, 0.29) is 41.0 Å². The molecule has 1 aromatic heterocycles. The van der Waals surface area contributed by atoms with E-state index >= 15 is 0 Å². The number of amides is 1. The minimum atomic E-state index is -1.35. The molecule has 0 aliphatic carbocycles. The van der Waals surface area contributed by atoms with Gasteiger partial charge in [-0.15, -0.1) is 35.7 Å². The third-order valence-electron chi connectivity index (χ3n) is 3.54. The Morgan fingerprint density at radius 2 is 2.27 bits per heavy atom. The second-order valence-corrected chi connectivity index (χ2v) is 6.09. The fourth-order valence-electron chi connectivity index (χ4n) is 2.55. The number of anilines is 1. The number of carbonyl (C=O) groups is 2. The Morgan fingerprint density at radius 3 is 2.91 bits per heavy atom. The number of nitrogens with two attached hydrogens (primary N) is 2. The lowest BCUT2D eigenvalue weighted by atomic mass is 10.0. The van der Waals surface area contributed by atoms with Crippen molar-refractivity contribution in [3.63, 3.8) is 0 Å². The van der Waals surface area contributed by atoms with Crippen LogP contribution in [0.15, 0.2) is 35.8 Å². The smallest absolute Gasteiger partial charge is 0.248 e. The van der Waals surface area contributed by atoms with E-state index in [0.29, 0.717) is 23.6 Å². The highest BCUT2D eigenvalue weighted by molar-refractivity contribution is 14.0. The molecule has 9 heteroatoms. The fraction of sp³-hybridized carbons (Fsp3) is 0.308. The lowest BCUT2D eigenvalue weighted by molar-refractivity contribution is -0.688. The second kappa shape index (κ2) is 6.42. The van der Waals surface area contributed by atoms with Crippen LogP contribution >= 0.6 is 35.7 Å². The summed E-state index contributed by atoms with van der Waals surface area (Å²) in [5, 5.41) is 11.1. The number of rotatable bonds is 3. The number of carbonyl (C=O) groups excluding carboxylic acids is 2. The number of carboxylic acid groups (broad SMARTS) is 1. The van der Waals surface area contributed by atoms with E-state index in [4.69, 9.17) is 11.5 Å². The molecule has 0 saturated carbocycles. The van der Waals surface area contributed by atoms with Gasteiger partial charge in [0.05, 0.1) is 17.4 Å². The highest BCUT2D eigenvalue weighted by atomic mass is 127. The van der Waals surface area contributed by atoms with E-state index in [1.807, 2.05) is 0 Å². The number of pyridine rings is 1. The molecule has 0 spiro atoms. The van der Waals surface area contributed by atoms with Crippen molar-refractivity contribution in [2.75, 3.05) is 11.5 Å². The van der Waals surface area contributed by atoms with E-state index in [9.17, 15) is 14.7 Å². The fourth-order valence-corrected chi connectivity index (χ4v) is 3.83. The van der Waals surface area contributed by atoms with Crippen LogP contribution in [0.1, 0.15) is 0 Å². The van der Waals surface area contributed by atoms with E-state index in [2.05, 4.69) is 0 Å². The molecule has 3 heterocycles. The van der Waals surface area contributed by atoms with Gasteiger partial charge in [0.2, 0.25) is 5.91 Å². The highest BCUT2D eigenvalue weighted by Crippen LogP contribution is 2.39. The van der Waals surface area contributed by atoms with Crippen molar-refractivity contribution in [1.82, 2.24) is 4.90 Å². The topological polar surface area (TPSA) is 116 Å². The van der Waals surface area contributed by atoms with E-state index in [1.165, 1.54) is 16.7 Å². The quantitative estimate of drug-likeness (QED) is 0.337. The summed E-state index contributed by atoms with van der Waals surface area (Å²) in [6.45, 7) is 0.340. The maximum Gasteiger partial charge on any atom is 0.248 e. The largest absolute Gasteiger partial charge is 0.543 e. The lowest BCUT2D eigenvalue weighted by Crippen LogP contribution is -2.69. The molecule has 1 fully saturated rings. The molecule has 0 unspecified atom stereocenters. The number of carboxylic acids is 1. The average Bonchev–Trinajstić information content (AvgIpc) is 2.45. The highest BCUT2D eigenvalue weighted by Gasteiger charge is 2.50. The molecule has 118 valence electrons. The standard InChI is InChI=1S/C13H14N4O3S.HI/c14-8-2-1-3-16(5-8)4-7-6-21-12-9(15)11(18)17(12)10(7)13(19)20;/h1-3,5,9,12H,4,6,14-15H2;1H/t9-,12+;/m1./s1. The van der Waals surface area contributed by atoms with Gasteiger partial charge in [0.1, 0.15) is 11.4 Å². The van der Waals surface area contributed by atoms with Crippen molar-refractivity contribution >= 4 is 53.3 Å². The molecule has 0 bridgehead atoms. The molecule has 1 saturated heterocycles. The van der Waals surface area contributed by atoms with Gasteiger partial charge in [-0.05, 0) is 6.07 Å². The number of hydrogen-bond donors (Lipinski definition) is 2. The Kier molecular flexibility index (Phi) is 4.97. The molecule has 2 atom stereocenters. The summed E-state index contributed by atoms with van der Waals surface area (Å²) in [7, 11) is 0. The summed E-state index contributed by atoms with van der Waals surface area (Å²) in [5.74, 6) is -1.23. The number of β-lactam (4-membered cyclic amide) rings is 1. The molecular weight excluding hydrogens is 419 g/mol. The first-order valence-electron chi connectivity index (χ1n) is 6.37. The molecule has 4 N–H and O–H groups in total. The molecule has 7 nitrogen and oxygen atoms in total. The summed E-state index contributed by atoms with van der Waals surface area (Å²) >= 11 is 1.46.